The Labute approximate surface area is 173 Å². The first kappa shape index (κ1) is 19.4. The number of hydrogen-bond donors (Lipinski definition) is 0. The summed E-state index contributed by atoms with van der Waals surface area (Å²) in [6.45, 7) is 1.95. The molecule has 1 amide bonds. The number of ether oxygens (including phenoxy) is 1. The first-order valence-electron chi connectivity index (χ1n) is 9.69. The number of anilines is 1. The number of rotatable bonds is 6. The third-order valence-corrected chi connectivity index (χ3v) is 5.81. The molecule has 150 valence electrons. The van der Waals surface area contributed by atoms with Crippen molar-refractivity contribution in [3.05, 3.63) is 58.3 Å². The van der Waals surface area contributed by atoms with Gasteiger partial charge in [-0.3, -0.25) is 4.79 Å². The van der Waals surface area contributed by atoms with Gasteiger partial charge in [-0.1, -0.05) is 18.2 Å². The quantitative estimate of drug-likeness (QED) is 0.581. The second-order valence-corrected chi connectivity index (χ2v) is 7.98. The predicted octanol–water partition coefficient (Wildman–Crippen LogP) is 3.71. The molecule has 1 fully saturated rings. The van der Waals surface area contributed by atoms with Gasteiger partial charge in [0.15, 0.2) is 6.61 Å². The van der Waals surface area contributed by atoms with Crippen LogP contribution in [0.1, 0.15) is 28.8 Å². The molecule has 3 heterocycles. The maximum atomic E-state index is 12.9. The summed E-state index contributed by atoms with van der Waals surface area (Å²) in [6.07, 6.45) is 2.16. The van der Waals surface area contributed by atoms with Crippen LogP contribution in [0.5, 0.6) is 0 Å². The van der Waals surface area contributed by atoms with Crippen molar-refractivity contribution >= 4 is 39.9 Å². The number of esters is 1. The van der Waals surface area contributed by atoms with Crippen LogP contribution < -0.4 is 4.90 Å². The average molecular weight is 410 g/mol. The van der Waals surface area contributed by atoms with E-state index >= 15 is 0 Å². The minimum atomic E-state index is -0.512. The van der Waals surface area contributed by atoms with E-state index in [2.05, 4.69) is 4.90 Å². The highest BCUT2D eigenvalue weighted by Gasteiger charge is 2.24. The molecular formula is C22H23N3O3S. The van der Waals surface area contributed by atoms with Crippen molar-refractivity contribution in [2.24, 2.45) is 0 Å². The smallest absolute Gasteiger partial charge is 0.342 e. The molecule has 1 aliphatic heterocycles. The largest absolute Gasteiger partial charge is 0.452 e. The molecule has 0 bridgehead atoms. The molecule has 1 saturated heterocycles. The van der Waals surface area contributed by atoms with Gasteiger partial charge in [0.2, 0.25) is 0 Å². The number of thiophene rings is 1. The summed E-state index contributed by atoms with van der Waals surface area (Å²) in [7, 11) is 1.71. The fourth-order valence-electron chi connectivity index (χ4n) is 3.49. The molecule has 0 spiro atoms. The van der Waals surface area contributed by atoms with Crippen LogP contribution in [-0.2, 0) is 16.1 Å². The van der Waals surface area contributed by atoms with Gasteiger partial charge in [-0.15, -0.1) is 0 Å². The number of fused-ring (bicyclic) bond motifs is 1. The van der Waals surface area contributed by atoms with E-state index in [1.807, 2.05) is 47.2 Å². The van der Waals surface area contributed by atoms with Gasteiger partial charge in [0.1, 0.15) is 11.4 Å². The number of pyridine rings is 1. The molecular weight excluding hydrogens is 386 g/mol. The SMILES string of the molecule is CN(Cc1ccsc1)C(=O)COC(=O)c1cc2ccccc2nc1N1CCCC1. The summed E-state index contributed by atoms with van der Waals surface area (Å²) in [6, 6.07) is 11.5. The van der Waals surface area contributed by atoms with Gasteiger partial charge in [-0.25, -0.2) is 9.78 Å². The van der Waals surface area contributed by atoms with Crippen molar-refractivity contribution < 1.29 is 14.3 Å². The fraction of sp³-hybridized carbons (Fsp3) is 0.318. The fourth-order valence-corrected chi connectivity index (χ4v) is 4.15. The summed E-state index contributed by atoms with van der Waals surface area (Å²) in [4.78, 5) is 33.6. The lowest BCUT2D eigenvalue weighted by Gasteiger charge is -2.20. The van der Waals surface area contributed by atoms with Crippen LogP contribution in [0.15, 0.2) is 47.2 Å². The summed E-state index contributed by atoms with van der Waals surface area (Å²) < 4.78 is 5.39. The summed E-state index contributed by atoms with van der Waals surface area (Å²) >= 11 is 1.59. The first-order valence-corrected chi connectivity index (χ1v) is 10.6. The summed E-state index contributed by atoms with van der Waals surface area (Å²) in [5.74, 6) is -0.103. The standard InChI is InChI=1S/C22H23N3O3S/c1-24(13-16-8-11-29-15-16)20(26)14-28-22(27)18-12-17-6-2-3-7-19(17)23-21(18)25-9-4-5-10-25/h2-3,6-8,11-12,15H,4-5,9-10,13-14H2,1H3. The molecule has 29 heavy (non-hydrogen) atoms. The zero-order valence-electron chi connectivity index (χ0n) is 16.3. The molecule has 4 rings (SSSR count). The van der Waals surface area contributed by atoms with Crippen LogP contribution in [0, 0.1) is 0 Å². The topological polar surface area (TPSA) is 62.7 Å². The number of aromatic nitrogens is 1. The van der Waals surface area contributed by atoms with E-state index in [-0.39, 0.29) is 12.5 Å². The highest BCUT2D eigenvalue weighted by molar-refractivity contribution is 7.07. The van der Waals surface area contributed by atoms with Gasteiger partial charge in [0, 0.05) is 32.1 Å². The van der Waals surface area contributed by atoms with E-state index in [0.29, 0.717) is 17.9 Å². The highest BCUT2D eigenvalue weighted by Crippen LogP contribution is 2.27. The Kier molecular flexibility index (Phi) is 5.76. The van der Waals surface area contributed by atoms with E-state index in [9.17, 15) is 9.59 Å². The van der Waals surface area contributed by atoms with E-state index in [1.54, 1.807) is 23.3 Å². The molecule has 0 atom stereocenters. The number of likely N-dealkylation sites (N-methyl/N-ethyl adjacent to an activating group) is 1. The lowest BCUT2D eigenvalue weighted by atomic mass is 10.1. The van der Waals surface area contributed by atoms with Crippen molar-refractivity contribution in [3.8, 4) is 0 Å². The summed E-state index contributed by atoms with van der Waals surface area (Å²) in [5.41, 5.74) is 2.32. The molecule has 7 heteroatoms. The second kappa shape index (κ2) is 8.61. The molecule has 0 saturated carbocycles. The maximum Gasteiger partial charge on any atom is 0.342 e. The van der Waals surface area contributed by atoms with E-state index < -0.39 is 5.97 Å². The summed E-state index contributed by atoms with van der Waals surface area (Å²) in [5, 5.41) is 4.85. The minimum absolute atomic E-state index is 0.235. The lowest BCUT2D eigenvalue weighted by Crippen LogP contribution is -2.31. The first-order chi connectivity index (χ1) is 14.1. The number of carbonyl (C=O) groups excluding carboxylic acids is 2. The Morgan fingerprint density at radius 2 is 2.00 bits per heavy atom. The van der Waals surface area contributed by atoms with Gasteiger partial charge >= 0.3 is 5.97 Å². The van der Waals surface area contributed by atoms with Crippen LogP contribution >= 0.6 is 11.3 Å². The molecule has 1 aliphatic rings. The van der Waals surface area contributed by atoms with Crippen LogP contribution in [-0.4, -0.2) is 48.5 Å². The van der Waals surface area contributed by atoms with Crippen LogP contribution in [0.3, 0.4) is 0 Å². The van der Waals surface area contributed by atoms with E-state index in [4.69, 9.17) is 9.72 Å². The Bertz CT molecular complexity index is 1010. The maximum absolute atomic E-state index is 12.9. The Hall–Kier alpha value is -2.93. The van der Waals surface area contributed by atoms with Gasteiger partial charge in [-0.05, 0) is 47.4 Å². The van der Waals surface area contributed by atoms with Crippen molar-refractivity contribution in [2.45, 2.75) is 19.4 Å². The normalized spacial score (nSPS) is 13.6. The van der Waals surface area contributed by atoms with Gasteiger partial charge in [-0.2, -0.15) is 11.3 Å². The highest BCUT2D eigenvalue weighted by atomic mass is 32.1. The zero-order chi connectivity index (χ0) is 20.2. The van der Waals surface area contributed by atoms with Crippen molar-refractivity contribution in [1.82, 2.24) is 9.88 Å². The van der Waals surface area contributed by atoms with E-state index in [0.717, 1.165) is 42.4 Å². The van der Waals surface area contributed by atoms with Crippen molar-refractivity contribution in [2.75, 3.05) is 31.6 Å². The van der Waals surface area contributed by atoms with Crippen LogP contribution in [0.4, 0.5) is 5.82 Å². The van der Waals surface area contributed by atoms with E-state index in [1.165, 1.54) is 0 Å². The molecule has 0 N–H and O–H groups in total. The molecule has 0 radical (unpaired) electrons. The second-order valence-electron chi connectivity index (χ2n) is 7.20. The zero-order valence-corrected chi connectivity index (χ0v) is 17.2. The van der Waals surface area contributed by atoms with Crippen molar-refractivity contribution in [1.29, 1.82) is 0 Å². The molecule has 2 aromatic heterocycles. The third kappa shape index (κ3) is 4.40. The van der Waals surface area contributed by atoms with Crippen LogP contribution in [0.2, 0.25) is 0 Å². The number of amides is 1. The Balaban J connectivity index is 1.49. The van der Waals surface area contributed by atoms with Crippen LogP contribution in [0.25, 0.3) is 10.9 Å². The predicted molar refractivity (Wildman–Crippen MR) is 114 cm³/mol. The van der Waals surface area contributed by atoms with Gasteiger partial charge in [0.05, 0.1) is 5.52 Å². The Morgan fingerprint density at radius 1 is 1.21 bits per heavy atom. The van der Waals surface area contributed by atoms with Gasteiger partial charge in [0.25, 0.3) is 5.91 Å². The monoisotopic (exact) mass is 409 g/mol. The number of nitrogens with zero attached hydrogens (tertiary/aromatic N) is 3. The number of carbonyl (C=O) groups is 2. The minimum Gasteiger partial charge on any atom is -0.452 e. The molecule has 1 aromatic carbocycles. The lowest BCUT2D eigenvalue weighted by molar-refractivity contribution is -0.133. The Morgan fingerprint density at radius 3 is 2.76 bits per heavy atom. The van der Waals surface area contributed by atoms with Gasteiger partial charge < -0.3 is 14.5 Å². The molecule has 0 unspecified atom stereocenters. The molecule has 3 aromatic rings. The average Bonchev–Trinajstić information content (AvgIpc) is 3.45. The number of para-hydroxylation sites is 1. The molecule has 6 nitrogen and oxygen atoms in total. The molecule has 0 aliphatic carbocycles. The van der Waals surface area contributed by atoms with Crippen molar-refractivity contribution in [3.63, 3.8) is 0 Å². The number of hydrogen-bond acceptors (Lipinski definition) is 6. The third-order valence-electron chi connectivity index (χ3n) is 5.08. The number of benzene rings is 1.